The first-order valence-electron chi connectivity index (χ1n) is 8.75. The highest BCUT2D eigenvalue weighted by Gasteiger charge is 2.11. The van der Waals surface area contributed by atoms with Crippen LogP contribution in [0.4, 0.5) is 0 Å². The van der Waals surface area contributed by atoms with Crippen LogP contribution in [0, 0.1) is 0 Å². The molecule has 0 aliphatic carbocycles. The van der Waals surface area contributed by atoms with E-state index in [4.69, 9.17) is 21.3 Å². The van der Waals surface area contributed by atoms with Crippen LogP contribution in [0.15, 0.2) is 77.6 Å². The third kappa shape index (κ3) is 3.55. The summed E-state index contributed by atoms with van der Waals surface area (Å²) in [7, 11) is 1.61. The fourth-order valence-electron chi connectivity index (χ4n) is 2.99. The lowest BCUT2D eigenvalue weighted by Crippen LogP contribution is -2.22. The number of fused-ring (bicyclic) bond motifs is 1. The Labute approximate surface area is 167 Å². The summed E-state index contributed by atoms with van der Waals surface area (Å²) in [6, 6.07) is 22.2. The Kier molecular flexibility index (Phi) is 4.96. The highest BCUT2D eigenvalue weighted by molar-refractivity contribution is 6.30. The molecule has 0 saturated heterocycles. The molecule has 4 aromatic rings. The number of hydrogen-bond donors (Lipinski definition) is 0. The minimum atomic E-state index is -0.119. The lowest BCUT2D eigenvalue weighted by atomic mass is 10.2. The van der Waals surface area contributed by atoms with Gasteiger partial charge >= 0.3 is 0 Å². The third-order valence-corrected chi connectivity index (χ3v) is 4.68. The molecule has 4 nitrogen and oxygen atoms in total. The first-order chi connectivity index (χ1) is 13.7. The molecule has 0 aliphatic heterocycles. The maximum absolute atomic E-state index is 13.2. The van der Waals surface area contributed by atoms with Crippen LogP contribution in [0.1, 0.15) is 11.4 Å². The zero-order valence-corrected chi connectivity index (χ0v) is 15.9. The topological polar surface area (TPSA) is 44.1 Å². The van der Waals surface area contributed by atoms with E-state index in [0.717, 1.165) is 17.0 Å². The van der Waals surface area contributed by atoms with Crippen molar-refractivity contribution in [1.82, 2.24) is 9.55 Å². The summed E-state index contributed by atoms with van der Waals surface area (Å²) in [5.74, 6) is 1.27. The van der Waals surface area contributed by atoms with E-state index in [2.05, 4.69) is 0 Å². The van der Waals surface area contributed by atoms with Crippen molar-refractivity contribution in [3.63, 3.8) is 0 Å². The van der Waals surface area contributed by atoms with Gasteiger partial charge < -0.3 is 4.74 Å². The number of nitrogens with zero attached hydrogens (tertiary/aromatic N) is 2. The van der Waals surface area contributed by atoms with Crippen molar-refractivity contribution >= 4 is 34.7 Å². The Balaban J connectivity index is 1.89. The average Bonchev–Trinajstić information content (AvgIpc) is 2.74. The standard InChI is InChI=1S/C23H17ClN2O2/c1-28-19-13-11-18(12-14-19)26-22(15-8-16-6-9-17(24)10-7-16)25-21-5-3-2-4-20(21)23(26)27/h2-15H,1H3/b15-8+. The van der Waals surface area contributed by atoms with Crippen LogP contribution in [0.2, 0.25) is 5.02 Å². The lowest BCUT2D eigenvalue weighted by molar-refractivity contribution is 0.414. The van der Waals surface area contributed by atoms with Gasteiger partial charge in [0.05, 0.1) is 23.7 Å². The molecule has 3 aromatic carbocycles. The van der Waals surface area contributed by atoms with Gasteiger partial charge in [0, 0.05) is 5.02 Å². The Hall–Kier alpha value is -3.37. The summed E-state index contributed by atoms with van der Waals surface area (Å²) in [6.45, 7) is 0. The fraction of sp³-hybridized carbons (Fsp3) is 0.0435. The number of hydrogen-bond acceptors (Lipinski definition) is 3. The van der Waals surface area contributed by atoms with Gasteiger partial charge in [-0.3, -0.25) is 9.36 Å². The molecule has 4 rings (SSSR count). The van der Waals surface area contributed by atoms with Gasteiger partial charge in [-0.2, -0.15) is 0 Å². The Morgan fingerprint density at radius 3 is 2.36 bits per heavy atom. The molecule has 0 spiro atoms. The van der Waals surface area contributed by atoms with E-state index >= 15 is 0 Å². The summed E-state index contributed by atoms with van der Waals surface area (Å²) in [6.07, 6.45) is 3.74. The van der Waals surface area contributed by atoms with Crippen molar-refractivity contribution in [3.05, 3.63) is 99.6 Å². The van der Waals surface area contributed by atoms with E-state index in [0.29, 0.717) is 21.7 Å². The molecule has 0 fully saturated rings. The maximum atomic E-state index is 13.2. The molecule has 0 unspecified atom stereocenters. The molecule has 5 heteroatoms. The van der Waals surface area contributed by atoms with Crippen LogP contribution in [0.5, 0.6) is 5.75 Å². The second-order valence-corrected chi connectivity index (χ2v) is 6.65. The van der Waals surface area contributed by atoms with E-state index in [1.165, 1.54) is 0 Å². The summed E-state index contributed by atoms with van der Waals surface area (Å²) >= 11 is 5.95. The van der Waals surface area contributed by atoms with Gasteiger partial charge in [-0.25, -0.2) is 4.98 Å². The van der Waals surface area contributed by atoms with Crippen molar-refractivity contribution in [2.75, 3.05) is 7.11 Å². The third-order valence-electron chi connectivity index (χ3n) is 4.43. The second kappa shape index (κ2) is 7.71. The monoisotopic (exact) mass is 388 g/mol. The molecule has 1 aromatic heterocycles. The highest BCUT2D eigenvalue weighted by atomic mass is 35.5. The fourth-order valence-corrected chi connectivity index (χ4v) is 3.11. The van der Waals surface area contributed by atoms with Gasteiger partial charge in [0.1, 0.15) is 11.6 Å². The smallest absolute Gasteiger partial charge is 0.266 e. The van der Waals surface area contributed by atoms with Gasteiger partial charge in [-0.1, -0.05) is 41.9 Å². The number of benzene rings is 3. The van der Waals surface area contributed by atoms with Gasteiger partial charge in [0.2, 0.25) is 0 Å². The van der Waals surface area contributed by atoms with Crippen LogP contribution >= 0.6 is 11.6 Å². The minimum Gasteiger partial charge on any atom is -0.497 e. The minimum absolute atomic E-state index is 0.119. The zero-order chi connectivity index (χ0) is 19.5. The number of methoxy groups -OCH3 is 1. The second-order valence-electron chi connectivity index (χ2n) is 6.21. The molecule has 0 aliphatic rings. The molecule has 138 valence electrons. The largest absolute Gasteiger partial charge is 0.497 e. The molecule has 0 amide bonds. The maximum Gasteiger partial charge on any atom is 0.266 e. The first-order valence-corrected chi connectivity index (χ1v) is 9.13. The summed E-state index contributed by atoms with van der Waals surface area (Å²) in [4.78, 5) is 17.9. The van der Waals surface area contributed by atoms with Crippen LogP contribution in [0.3, 0.4) is 0 Å². The molecule has 0 bridgehead atoms. The van der Waals surface area contributed by atoms with Crippen LogP contribution in [-0.4, -0.2) is 16.7 Å². The normalized spacial score (nSPS) is 11.2. The predicted octanol–water partition coefficient (Wildman–Crippen LogP) is 5.22. The lowest BCUT2D eigenvalue weighted by Gasteiger charge is -2.12. The summed E-state index contributed by atoms with van der Waals surface area (Å²) < 4.78 is 6.83. The molecule has 0 saturated carbocycles. The Morgan fingerprint density at radius 1 is 0.929 bits per heavy atom. The van der Waals surface area contributed by atoms with Crippen molar-refractivity contribution in [2.24, 2.45) is 0 Å². The van der Waals surface area contributed by atoms with Gasteiger partial charge in [-0.15, -0.1) is 0 Å². The average molecular weight is 389 g/mol. The van der Waals surface area contributed by atoms with Crippen molar-refractivity contribution in [3.8, 4) is 11.4 Å². The number of rotatable bonds is 4. The van der Waals surface area contributed by atoms with Gasteiger partial charge in [0.15, 0.2) is 0 Å². The van der Waals surface area contributed by atoms with E-state index in [-0.39, 0.29) is 5.56 Å². The van der Waals surface area contributed by atoms with E-state index in [9.17, 15) is 4.79 Å². The molecular weight excluding hydrogens is 372 g/mol. The number of para-hydroxylation sites is 1. The van der Waals surface area contributed by atoms with Crippen LogP contribution < -0.4 is 10.3 Å². The molecule has 0 N–H and O–H groups in total. The summed E-state index contributed by atoms with van der Waals surface area (Å²) in [5.41, 5.74) is 2.23. The van der Waals surface area contributed by atoms with Crippen molar-refractivity contribution in [2.45, 2.75) is 0 Å². The highest BCUT2D eigenvalue weighted by Crippen LogP contribution is 2.18. The van der Waals surface area contributed by atoms with E-state index in [1.54, 1.807) is 17.7 Å². The van der Waals surface area contributed by atoms with Crippen molar-refractivity contribution < 1.29 is 4.74 Å². The molecule has 0 atom stereocenters. The molecular formula is C23H17ClN2O2. The number of halogens is 1. The van der Waals surface area contributed by atoms with E-state index < -0.39 is 0 Å². The first kappa shape index (κ1) is 18.0. The van der Waals surface area contributed by atoms with Crippen molar-refractivity contribution in [1.29, 1.82) is 0 Å². The van der Waals surface area contributed by atoms with Gasteiger partial charge in [-0.05, 0) is 60.2 Å². The number of aromatic nitrogens is 2. The number of ether oxygens (including phenoxy) is 1. The zero-order valence-electron chi connectivity index (χ0n) is 15.2. The predicted molar refractivity (Wildman–Crippen MR) is 114 cm³/mol. The summed E-state index contributed by atoms with van der Waals surface area (Å²) in [5, 5.41) is 1.25. The quantitative estimate of drug-likeness (QED) is 0.481. The Bertz CT molecular complexity index is 1210. The molecule has 28 heavy (non-hydrogen) atoms. The molecule has 1 heterocycles. The van der Waals surface area contributed by atoms with E-state index in [1.807, 2.05) is 78.9 Å². The van der Waals surface area contributed by atoms with Crippen LogP contribution in [0.25, 0.3) is 28.7 Å². The Morgan fingerprint density at radius 2 is 1.64 bits per heavy atom. The van der Waals surface area contributed by atoms with Crippen LogP contribution in [-0.2, 0) is 0 Å². The SMILES string of the molecule is COc1ccc(-n2c(/C=C/c3ccc(Cl)cc3)nc3ccccc3c2=O)cc1. The van der Waals surface area contributed by atoms with Gasteiger partial charge in [0.25, 0.3) is 5.56 Å². The molecule has 0 radical (unpaired) electrons.